The van der Waals surface area contributed by atoms with Crippen LogP contribution in [0.4, 0.5) is 14.9 Å². The molecule has 4 rings (SSSR count). The fourth-order valence-electron chi connectivity index (χ4n) is 3.16. The summed E-state index contributed by atoms with van der Waals surface area (Å²) in [5, 5.41) is 10.3. The van der Waals surface area contributed by atoms with Gasteiger partial charge in [0.1, 0.15) is 5.82 Å². The molecule has 3 amide bonds. The minimum atomic E-state index is -0.663. The number of hydrogen-bond donors (Lipinski definition) is 2. The summed E-state index contributed by atoms with van der Waals surface area (Å²) in [4.78, 5) is 36.8. The van der Waals surface area contributed by atoms with Crippen LogP contribution in [0, 0.1) is 5.82 Å². The first-order valence-electron chi connectivity index (χ1n) is 8.40. The third kappa shape index (κ3) is 3.05. The van der Waals surface area contributed by atoms with E-state index in [1.165, 1.54) is 12.1 Å². The maximum Gasteiger partial charge on any atom is 0.328 e. The van der Waals surface area contributed by atoms with Gasteiger partial charge in [0.25, 0.3) is 5.56 Å². The molecule has 1 aliphatic heterocycles. The predicted octanol–water partition coefficient (Wildman–Crippen LogP) is 2.10. The highest BCUT2D eigenvalue weighted by atomic mass is 19.1. The number of H-pyrrole nitrogens is 1. The first-order chi connectivity index (χ1) is 13.0. The lowest BCUT2D eigenvalue weighted by molar-refractivity contribution is -0.118. The van der Waals surface area contributed by atoms with Crippen molar-refractivity contribution in [3.05, 3.63) is 69.9 Å². The largest absolute Gasteiger partial charge is 0.337 e. The van der Waals surface area contributed by atoms with E-state index in [0.717, 1.165) is 4.90 Å². The fraction of sp³-hybridized carbons (Fsp3) is 0.158. The van der Waals surface area contributed by atoms with Gasteiger partial charge in [-0.05, 0) is 23.8 Å². The van der Waals surface area contributed by atoms with Crippen LogP contribution in [0.1, 0.15) is 17.7 Å². The number of anilines is 1. The van der Waals surface area contributed by atoms with Gasteiger partial charge in [0.2, 0.25) is 5.91 Å². The third-order valence-electron chi connectivity index (χ3n) is 4.47. The van der Waals surface area contributed by atoms with E-state index >= 15 is 0 Å². The Bertz CT molecular complexity index is 1110. The number of amides is 3. The minimum absolute atomic E-state index is 0.0940. The minimum Gasteiger partial charge on any atom is -0.337 e. The number of carbonyl (C=O) groups is 2. The number of halogens is 1. The van der Waals surface area contributed by atoms with Crippen LogP contribution in [0.2, 0.25) is 0 Å². The molecule has 2 heterocycles. The molecule has 27 heavy (non-hydrogen) atoms. The van der Waals surface area contributed by atoms with Gasteiger partial charge in [-0.1, -0.05) is 24.3 Å². The predicted molar refractivity (Wildman–Crippen MR) is 97.1 cm³/mol. The zero-order chi connectivity index (χ0) is 19.0. The van der Waals surface area contributed by atoms with E-state index in [0.29, 0.717) is 28.5 Å². The Morgan fingerprint density at radius 3 is 2.63 bits per heavy atom. The topological polar surface area (TPSA) is 95.2 Å². The molecule has 0 spiro atoms. The van der Waals surface area contributed by atoms with Crippen LogP contribution < -0.4 is 15.8 Å². The molecule has 0 radical (unpaired) electrons. The number of aromatic nitrogens is 2. The first-order valence-corrected chi connectivity index (χ1v) is 8.40. The van der Waals surface area contributed by atoms with Crippen molar-refractivity contribution in [1.29, 1.82) is 0 Å². The maximum atomic E-state index is 14.3. The quantitative estimate of drug-likeness (QED) is 0.742. The van der Waals surface area contributed by atoms with Gasteiger partial charge in [-0.3, -0.25) is 9.59 Å². The van der Waals surface area contributed by atoms with Crippen molar-refractivity contribution in [2.75, 3.05) is 11.4 Å². The molecule has 0 atom stereocenters. The zero-order valence-electron chi connectivity index (χ0n) is 14.2. The number of carbonyl (C=O) groups excluding carboxylic acids is 2. The van der Waals surface area contributed by atoms with Crippen LogP contribution in [-0.4, -0.2) is 28.7 Å². The van der Waals surface area contributed by atoms with Crippen molar-refractivity contribution in [2.24, 2.45) is 0 Å². The molecular formula is C19H15FN4O3. The highest BCUT2D eigenvalue weighted by Crippen LogP contribution is 2.25. The molecule has 1 fully saturated rings. The van der Waals surface area contributed by atoms with E-state index in [1.54, 1.807) is 30.3 Å². The molecular weight excluding hydrogens is 351 g/mol. The van der Waals surface area contributed by atoms with Crippen LogP contribution in [0.15, 0.2) is 47.3 Å². The third-order valence-corrected chi connectivity index (χ3v) is 4.47. The molecule has 1 aliphatic rings. The summed E-state index contributed by atoms with van der Waals surface area (Å²) in [6.07, 6.45) is 0.412. The first kappa shape index (κ1) is 16.9. The summed E-state index contributed by atoms with van der Waals surface area (Å²) >= 11 is 0. The SMILES string of the molecule is O=C1CCNC(=O)N1c1cc(Cc2n[nH]c(=O)c3ccccc23)ccc1F. The van der Waals surface area contributed by atoms with Gasteiger partial charge >= 0.3 is 6.03 Å². The highest BCUT2D eigenvalue weighted by Gasteiger charge is 2.29. The Kier molecular flexibility index (Phi) is 4.15. The summed E-state index contributed by atoms with van der Waals surface area (Å²) in [7, 11) is 0. The molecule has 0 aliphatic carbocycles. The standard InChI is InChI=1S/C19H15FN4O3/c20-14-6-5-11(10-16(14)24-17(25)7-8-21-19(24)27)9-15-12-3-1-2-4-13(12)18(26)23-22-15/h1-6,10H,7-9H2,(H,21,27)(H,23,26). The summed E-state index contributed by atoms with van der Waals surface area (Å²) in [5.74, 6) is -1.12. The van der Waals surface area contributed by atoms with Gasteiger partial charge in [-0.15, -0.1) is 0 Å². The van der Waals surface area contributed by atoms with Crippen LogP contribution in [0.25, 0.3) is 10.8 Å². The van der Waals surface area contributed by atoms with Crippen molar-refractivity contribution in [2.45, 2.75) is 12.8 Å². The van der Waals surface area contributed by atoms with Gasteiger partial charge in [0, 0.05) is 24.8 Å². The highest BCUT2D eigenvalue weighted by molar-refractivity contribution is 6.15. The summed E-state index contributed by atoms with van der Waals surface area (Å²) in [6, 6.07) is 10.7. The van der Waals surface area contributed by atoms with Crippen LogP contribution >= 0.6 is 0 Å². The number of nitrogens with zero attached hydrogens (tertiary/aromatic N) is 2. The Morgan fingerprint density at radius 2 is 1.85 bits per heavy atom. The number of benzene rings is 2. The average Bonchev–Trinajstić information content (AvgIpc) is 2.66. The number of fused-ring (bicyclic) bond motifs is 1. The average molecular weight is 366 g/mol. The zero-order valence-corrected chi connectivity index (χ0v) is 14.2. The van der Waals surface area contributed by atoms with E-state index in [9.17, 15) is 18.8 Å². The molecule has 7 nitrogen and oxygen atoms in total. The number of nitrogens with one attached hydrogen (secondary N) is 2. The number of hydrogen-bond acceptors (Lipinski definition) is 4. The molecule has 0 unspecified atom stereocenters. The Hall–Kier alpha value is -3.55. The van der Waals surface area contributed by atoms with Crippen molar-refractivity contribution in [3.63, 3.8) is 0 Å². The number of rotatable bonds is 3. The molecule has 2 aromatic carbocycles. The van der Waals surface area contributed by atoms with Gasteiger partial charge in [0.05, 0.1) is 16.8 Å². The number of urea groups is 1. The lowest BCUT2D eigenvalue weighted by atomic mass is 10.0. The molecule has 8 heteroatoms. The second-order valence-electron chi connectivity index (χ2n) is 6.22. The smallest absolute Gasteiger partial charge is 0.328 e. The van der Waals surface area contributed by atoms with Gasteiger partial charge < -0.3 is 5.32 Å². The van der Waals surface area contributed by atoms with Gasteiger partial charge in [0.15, 0.2) is 0 Å². The molecule has 1 aromatic heterocycles. The van der Waals surface area contributed by atoms with Crippen LogP contribution in [0.5, 0.6) is 0 Å². The normalized spacial score (nSPS) is 14.5. The van der Waals surface area contributed by atoms with E-state index < -0.39 is 17.8 Å². The lowest BCUT2D eigenvalue weighted by Gasteiger charge is -2.26. The summed E-state index contributed by atoms with van der Waals surface area (Å²) in [6.45, 7) is 0.239. The molecule has 3 aromatic rings. The van der Waals surface area contributed by atoms with E-state index in [-0.39, 0.29) is 24.2 Å². The molecule has 1 saturated heterocycles. The second kappa shape index (κ2) is 6.64. The molecule has 0 saturated carbocycles. The van der Waals surface area contributed by atoms with Crippen molar-refractivity contribution in [1.82, 2.24) is 15.5 Å². The summed E-state index contributed by atoms with van der Waals surface area (Å²) in [5.41, 5.74) is 0.882. The Labute approximate surface area is 152 Å². The number of aromatic amines is 1. The summed E-state index contributed by atoms with van der Waals surface area (Å²) < 4.78 is 14.3. The Balaban J connectivity index is 1.74. The van der Waals surface area contributed by atoms with E-state index in [4.69, 9.17) is 0 Å². The second-order valence-corrected chi connectivity index (χ2v) is 6.22. The van der Waals surface area contributed by atoms with Gasteiger partial charge in [-0.2, -0.15) is 5.10 Å². The lowest BCUT2D eigenvalue weighted by Crippen LogP contribution is -2.50. The van der Waals surface area contributed by atoms with E-state index in [1.807, 2.05) is 0 Å². The molecule has 0 bridgehead atoms. The molecule has 136 valence electrons. The number of imide groups is 1. The van der Waals surface area contributed by atoms with Crippen LogP contribution in [0.3, 0.4) is 0 Å². The van der Waals surface area contributed by atoms with Gasteiger partial charge in [-0.25, -0.2) is 19.2 Å². The van der Waals surface area contributed by atoms with Crippen molar-refractivity contribution < 1.29 is 14.0 Å². The molecule has 2 N–H and O–H groups in total. The Morgan fingerprint density at radius 1 is 1.07 bits per heavy atom. The van der Waals surface area contributed by atoms with Crippen molar-refractivity contribution in [3.8, 4) is 0 Å². The maximum absolute atomic E-state index is 14.3. The monoisotopic (exact) mass is 366 g/mol. The van der Waals surface area contributed by atoms with E-state index in [2.05, 4.69) is 15.5 Å². The fourth-order valence-corrected chi connectivity index (χ4v) is 3.16. The van der Waals surface area contributed by atoms with Crippen LogP contribution in [-0.2, 0) is 11.2 Å². The van der Waals surface area contributed by atoms with Crippen molar-refractivity contribution >= 4 is 28.4 Å².